The molecule has 0 aliphatic rings. The first kappa shape index (κ1) is 62.3. The van der Waals surface area contributed by atoms with Gasteiger partial charge in [-0.1, -0.05) is 231 Å². The van der Waals surface area contributed by atoms with E-state index in [1.807, 2.05) is 66.8 Å². The van der Waals surface area contributed by atoms with E-state index in [-0.39, 0.29) is 50.4 Å². The Labute approximate surface area is 410 Å². The van der Waals surface area contributed by atoms with E-state index < -0.39 is 6.10 Å². The lowest BCUT2D eigenvalue weighted by atomic mass is 10.1. The van der Waals surface area contributed by atoms with Crippen LogP contribution in [-0.2, 0) is 28.6 Å². The maximum atomic E-state index is 12.8. The van der Waals surface area contributed by atoms with Crippen LogP contribution < -0.4 is 0 Å². The highest BCUT2D eigenvalue weighted by molar-refractivity contribution is 5.71. The van der Waals surface area contributed by atoms with E-state index in [4.69, 9.17) is 14.2 Å². The molecule has 0 N–H and O–H groups in total. The minimum absolute atomic E-state index is 0.146. The Morgan fingerprint density at radius 2 is 0.701 bits per heavy atom. The van der Waals surface area contributed by atoms with E-state index in [2.05, 4.69) is 99.8 Å². The molecule has 6 nitrogen and oxygen atoms in total. The van der Waals surface area contributed by atoms with Crippen molar-refractivity contribution in [2.45, 2.75) is 207 Å². The molecule has 0 fully saturated rings. The highest BCUT2D eigenvalue weighted by atomic mass is 16.6. The molecule has 0 rings (SSSR count). The predicted octanol–water partition coefficient (Wildman–Crippen LogP) is 17.6. The molecular formula is C61H94O6. The summed E-state index contributed by atoms with van der Waals surface area (Å²) in [5, 5.41) is 0. The molecule has 0 aliphatic heterocycles. The van der Waals surface area contributed by atoms with Gasteiger partial charge in [-0.2, -0.15) is 0 Å². The molecule has 0 heterocycles. The lowest BCUT2D eigenvalue weighted by Gasteiger charge is -2.18. The standard InChI is InChI=1S/C61H94O6/c1-4-7-10-13-16-19-22-25-27-29-30-32-33-36-39-42-45-48-51-54-60(63)66-57-58(56-65-59(62)53-50-47-44-41-38-35-24-21-18-15-12-9-6-3)67-61(64)55-52-49-46-43-40-37-34-31-28-26-23-20-17-14-11-8-5-2/h7,9-10,12,15-16,18-19,21,24-28,30,32,35-36,38-39,41,44-45,48,58H,4-6,8,11,13-14,17,20,22-23,29,31,33-34,37,40,42-43,46-47,49-57H2,1-3H3/b10-7+,12-9+,18-15+,19-16+,24-21+,27-25+,28-26+,32-30+,38-35+,39-36+,44-41+,48-45+. The summed E-state index contributed by atoms with van der Waals surface area (Å²) >= 11 is 0. The van der Waals surface area contributed by atoms with Crippen molar-refractivity contribution in [1.82, 2.24) is 0 Å². The molecule has 374 valence electrons. The van der Waals surface area contributed by atoms with Crippen LogP contribution in [0.1, 0.15) is 201 Å². The highest BCUT2D eigenvalue weighted by Gasteiger charge is 2.19. The van der Waals surface area contributed by atoms with Gasteiger partial charge in [-0.05, 0) is 96.3 Å². The zero-order valence-electron chi connectivity index (χ0n) is 42.6. The summed E-state index contributed by atoms with van der Waals surface area (Å²) in [7, 11) is 0. The number of allylic oxidation sites excluding steroid dienone is 24. The number of rotatable bonds is 45. The van der Waals surface area contributed by atoms with Crippen LogP contribution in [0, 0.1) is 0 Å². The maximum absolute atomic E-state index is 12.8. The van der Waals surface area contributed by atoms with Gasteiger partial charge < -0.3 is 14.2 Å². The SMILES string of the molecule is CC/C=C/C=C/C=C/C=C/C=C/CCCC(=O)OCC(COC(=O)CC/C=C/C/C=C/C/C=C/C/C=C/C/C=C/C/C=C/CC)OC(=O)CCCCCCCCC/C=C/CCCCCCCC. The fraction of sp³-hybridized carbons (Fsp3) is 0.557. The van der Waals surface area contributed by atoms with E-state index in [0.29, 0.717) is 12.8 Å². The molecule has 0 saturated heterocycles. The number of hydrogen-bond acceptors (Lipinski definition) is 6. The van der Waals surface area contributed by atoms with Crippen molar-refractivity contribution in [3.05, 3.63) is 146 Å². The van der Waals surface area contributed by atoms with Crippen molar-refractivity contribution < 1.29 is 28.6 Å². The van der Waals surface area contributed by atoms with Crippen LogP contribution in [0.3, 0.4) is 0 Å². The van der Waals surface area contributed by atoms with Gasteiger partial charge in [0.25, 0.3) is 0 Å². The van der Waals surface area contributed by atoms with E-state index in [9.17, 15) is 14.4 Å². The Morgan fingerprint density at radius 1 is 0.328 bits per heavy atom. The summed E-state index contributed by atoms with van der Waals surface area (Å²) < 4.78 is 16.7. The third kappa shape index (κ3) is 52.1. The fourth-order valence-electron chi connectivity index (χ4n) is 6.55. The zero-order valence-corrected chi connectivity index (χ0v) is 42.6. The summed E-state index contributed by atoms with van der Waals surface area (Å²) in [4.78, 5) is 38.0. The summed E-state index contributed by atoms with van der Waals surface area (Å²) in [6.07, 6.45) is 77.1. The summed E-state index contributed by atoms with van der Waals surface area (Å²) in [5.41, 5.74) is 0. The molecular weight excluding hydrogens is 829 g/mol. The Bertz CT molecular complexity index is 1530. The van der Waals surface area contributed by atoms with Crippen molar-refractivity contribution in [3.8, 4) is 0 Å². The van der Waals surface area contributed by atoms with Crippen molar-refractivity contribution in [2.24, 2.45) is 0 Å². The number of carbonyl (C=O) groups excluding carboxylic acids is 3. The predicted molar refractivity (Wildman–Crippen MR) is 288 cm³/mol. The molecule has 0 aromatic heterocycles. The second kappa shape index (κ2) is 53.9. The molecule has 0 bridgehead atoms. The Kier molecular flexibility index (Phi) is 50.1. The van der Waals surface area contributed by atoms with Crippen LogP contribution in [0.2, 0.25) is 0 Å². The molecule has 0 spiro atoms. The van der Waals surface area contributed by atoms with Crippen LogP contribution in [-0.4, -0.2) is 37.2 Å². The van der Waals surface area contributed by atoms with E-state index in [1.54, 1.807) is 0 Å². The third-order valence-electron chi connectivity index (χ3n) is 10.5. The van der Waals surface area contributed by atoms with Gasteiger partial charge in [-0.3, -0.25) is 14.4 Å². The van der Waals surface area contributed by atoms with Gasteiger partial charge in [0.15, 0.2) is 6.10 Å². The van der Waals surface area contributed by atoms with Crippen LogP contribution in [0.25, 0.3) is 0 Å². The molecule has 67 heavy (non-hydrogen) atoms. The first-order valence-corrected chi connectivity index (χ1v) is 26.4. The van der Waals surface area contributed by atoms with Gasteiger partial charge in [-0.15, -0.1) is 0 Å². The summed E-state index contributed by atoms with van der Waals surface area (Å²) in [6.45, 7) is 6.22. The van der Waals surface area contributed by atoms with Crippen LogP contribution in [0.5, 0.6) is 0 Å². The quantitative estimate of drug-likeness (QED) is 0.0199. The Morgan fingerprint density at radius 3 is 1.21 bits per heavy atom. The van der Waals surface area contributed by atoms with Gasteiger partial charge in [0.05, 0.1) is 0 Å². The molecule has 0 radical (unpaired) electrons. The van der Waals surface area contributed by atoms with Crippen LogP contribution >= 0.6 is 0 Å². The molecule has 0 saturated carbocycles. The number of ether oxygens (including phenoxy) is 3. The van der Waals surface area contributed by atoms with E-state index >= 15 is 0 Å². The summed E-state index contributed by atoms with van der Waals surface area (Å²) in [6, 6.07) is 0. The molecule has 0 aromatic rings. The second-order valence-electron chi connectivity index (χ2n) is 16.8. The number of unbranched alkanes of at least 4 members (excludes halogenated alkanes) is 14. The smallest absolute Gasteiger partial charge is 0.306 e. The largest absolute Gasteiger partial charge is 0.462 e. The van der Waals surface area contributed by atoms with Crippen molar-refractivity contribution in [1.29, 1.82) is 0 Å². The average molecular weight is 923 g/mol. The van der Waals surface area contributed by atoms with Gasteiger partial charge in [0.2, 0.25) is 0 Å². The van der Waals surface area contributed by atoms with Gasteiger partial charge in [0, 0.05) is 19.3 Å². The molecule has 0 aromatic carbocycles. The average Bonchev–Trinajstić information content (AvgIpc) is 3.33. The van der Waals surface area contributed by atoms with E-state index in [1.165, 1.54) is 77.0 Å². The minimum atomic E-state index is -0.846. The third-order valence-corrected chi connectivity index (χ3v) is 10.5. The summed E-state index contributed by atoms with van der Waals surface area (Å²) in [5.74, 6) is -1.11. The molecule has 1 unspecified atom stereocenters. The minimum Gasteiger partial charge on any atom is -0.462 e. The molecule has 6 heteroatoms. The van der Waals surface area contributed by atoms with Crippen molar-refractivity contribution >= 4 is 17.9 Å². The lowest BCUT2D eigenvalue weighted by Crippen LogP contribution is -2.30. The first-order valence-electron chi connectivity index (χ1n) is 26.4. The van der Waals surface area contributed by atoms with Gasteiger partial charge >= 0.3 is 17.9 Å². The highest BCUT2D eigenvalue weighted by Crippen LogP contribution is 2.13. The normalized spacial score (nSPS) is 13.3. The first-order chi connectivity index (χ1) is 33.0. The number of hydrogen-bond donors (Lipinski definition) is 0. The van der Waals surface area contributed by atoms with E-state index in [0.717, 1.165) is 70.6 Å². The van der Waals surface area contributed by atoms with Crippen LogP contribution in [0.4, 0.5) is 0 Å². The Hall–Kier alpha value is -4.71. The number of esters is 3. The molecule has 0 aliphatic carbocycles. The van der Waals surface area contributed by atoms with Crippen molar-refractivity contribution in [2.75, 3.05) is 13.2 Å². The fourth-order valence-corrected chi connectivity index (χ4v) is 6.55. The topological polar surface area (TPSA) is 78.9 Å². The van der Waals surface area contributed by atoms with Crippen LogP contribution in [0.15, 0.2) is 146 Å². The molecule has 0 amide bonds. The van der Waals surface area contributed by atoms with Gasteiger partial charge in [-0.25, -0.2) is 0 Å². The van der Waals surface area contributed by atoms with Crippen molar-refractivity contribution in [3.63, 3.8) is 0 Å². The monoisotopic (exact) mass is 923 g/mol. The lowest BCUT2D eigenvalue weighted by molar-refractivity contribution is -0.166. The maximum Gasteiger partial charge on any atom is 0.306 e. The second-order valence-corrected chi connectivity index (χ2v) is 16.8. The Balaban J connectivity index is 4.61. The molecule has 1 atom stereocenters. The zero-order chi connectivity index (χ0) is 48.6. The number of carbonyl (C=O) groups is 3. The van der Waals surface area contributed by atoms with Gasteiger partial charge in [0.1, 0.15) is 13.2 Å².